The normalized spacial score (nSPS) is 50.6. The summed E-state index contributed by atoms with van der Waals surface area (Å²) in [5.41, 5.74) is 0. The van der Waals surface area contributed by atoms with Crippen molar-refractivity contribution in [3.63, 3.8) is 0 Å². The third-order valence-electron chi connectivity index (χ3n) is 3.49. The minimum absolute atomic E-state index is 0.0298. The Bertz CT molecular complexity index is 402. The van der Waals surface area contributed by atoms with Gasteiger partial charge in [-0.3, -0.25) is 9.59 Å². The zero-order valence-electron chi connectivity index (χ0n) is 9.60. The lowest BCUT2D eigenvalue weighted by molar-refractivity contribution is -0.154. The highest BCUT2D eigenvalue weighted by Crippen LogP contribution is 2.47. The molecular weight excluding hydrogens is 180 g/mol. The molecule has 14 heavy (non-hydrogen) atoms. The van der Waals surface area contributed by atoms with E-state index in [1.165, 1.54) is 6.08 Å². The van der Waals surface area contributed by atoms with Crippen molar-refractivity contribution >= 4 is 11.9 Å². The van der Waals surface area contributed by atoms with Gasteiger partial charge in [-0.1, -0.05) is 12.2 Å². The van der Waals surface area contributed by atoms with Gasteiger partial charge in [-0.25, -0.2) is 0 Å². The van der Waals surface area contributed by atoms with E-state index in [-0.39, 0.29) is 5.92 Å². The van der Waals surface area contributed by atoms with Gasteiger partial charge in [-0.05, 0) is 31.1 Å². The van der Waals surface area contributed by atoms with Gasteiger partial charge in [0.25, 0.3) is 0 Å². The molecule has 0 aromatic carbocycles. The Morgan fingerprint density at radius 2 is 2.07 bits per heavy atom. The van der Waals surface area contributed by atoms with Crippen LogP contribution in [0.2, 0.25) is 0 Å². The monoisotopic (exact) mass is 194 g/mol. The van der Waals surface area contributed by atoms with Crippen molar-refractivity contribution in [1.29, 1.82) is 0 Å². The Morgan fingerprint density at radius 3 is 2.93 bits per heavy atom. The summed E-state index contributed by atoms with van der Waals surface area (Å²) in [4.78, 5) is 23.2. The van der Waals surface area contributed by atoms with Crippen LogP contribution in [0.25, 0.3) is 0 Å². The largest absolute Gasteiger partial charge is 0.393 e. The van der Waals surface area contributed by atoms with Gasteiger partial charge in [0.2, 0.25) is 0 Å². The number of rotatable bonds is 0. The van der Waals surface area contributed by atoms with E-state index < -0.39 is 36.1 Å². The van der Waals surface area contributed by atoms with E-state index in [0.717, 1.165) is 6.42 Å². The second-order valence-electron chi connectivity index (χ2n) is 4.17. The molecule has 0 radical (unpaired) electrons. The third kappa shape index (κ3) is 0.925. The van der Waals surface area contributed by atoms with E-state index in [2.05, 4.69) is 4.74 Å². The first-order valence-electron chi connectivity index (χ1n) is 5.95. The van der Waals surface area contributed by atoms with E-state index in [1.54, 1.807) is 6.08 Å². The van der Waals surface area contributed by atoms with Gasteiger partial charge in [0.1, 0.15) is 0 Å². The first-order valence-corrected chi connectivity index (χ1v) is 4.95. The number of cyclic esters (lactones) is 2. The first kappa shape index (κ1) is 6.38. The topological polar surface area (TPSA) is 43.4 Å². The number of hydrogen-bond acceptors (Lipinski definition) is 3. The molecule has 1 heterocycles. The van der Waals surface area contributed by atoms with Crippen LogP contribution in [-0.2, 0) is 14.3 Å². The molecule has 4 unspecified atom stereocenters. The van der Waals surface area contributed by atoms with Crippen LogP contribution >= 0.6 is 0 Å². The highest BCUT2D eigenvalue weighted by molar-refractivity contribution is 5.97. The molecule has 0 aromatic heterocycles. The summed E-state index contributed by atoms with van der Waals surface area (Å²) in [5, 5.41) is 0. The van der Waals surface area contributed by atoms with Gasteiger partial charge in [0, 0.05) is 2.74 Å². The zero-order valence-corrected chi connectivity index (χ0v) is 7.60. The van der Waals surface area contributed by atoms with Crippen molar-refractivity contribution in [2.45, 2.75) is 19.2 Å². The molecule has 4 aliphatic rings. The predicted molar refractivity (Wildman–Crippen MR) is 48.1 cm³/mol. The molecule has 1 saturated carbocycles. The van der Waals surface area contributed by atoms with Crippen molar-refractivity contribution in [3.8, 4) is 0 Å². The standard InChI is InChI=1S/C11H12O3/c12-10-8-6-2-1-3-7(5-4-6)9(8)11(13)14-10/h1-2,6-9H,3-5H2/i3D2. The number of esters is 2. The van der Waals surface area contributed by atoms with E-state index in [0.29, 0.717) is 6.42 Å². The van der Waals surface area contributed by atoms with Crippen molar-refractivity contribution in [3.05, 3.63) is 12.2 Å². The molecule has 0 spiro atoms. The number of hydrogen-bond donors (Lipinski definition) is 0. The Balaban J connectivity index is 2.10. The summed E-state index contributed by atoms with van der Waals surface area (Å²) < 4.78 is 20.5. The average molecular weight is 194 g/mol. The molecule has 0 N–H and O–H groups in total. The van der Waals surface area contributed by atoms with Crippen molar-refractivity contribution < 1.29 is 17.1 Å². The van der Waals surface area contributed by atoms with Gasteiger partial charge in [0.05, 0.1) is 11.8 Å². The van der Waals surface area contributed by atoms with Crippen LogP contribution in [0.5, 0.6) is 0 Å². The summed E-state index contributed by atoms with van der Waals surface area (Å²) >= 11 is 0. The number of ether oxygens (including phenoxy) is 1. The molecule has 3 heteroatoms. The lowest BCUT2D eigenvalue weighted by Crippen LogP contribution is -2.34. The molecule has 74 valence electrons. The van der Waals surface area contributed by atoms with Crippen LogP contribution in [0.3, 0.4) is 0 Å². The van der Waals surface area contributed by atoms with Crippen LogP contribution in [0.4, 0.5) is 0 Å². The summed E-state index contributed by atoms with van der Waals surface area (Å²) in [5.74, 6) is -2.45. The Morgan fingerprint density at radius 1 is 1.29 bits per heavy atom. The van der Waals surface area contributed by atoms with Crippen LogP contribution < -0.4 is 0 Å². The fourth-order valence-electron chi connectivity index (χ4n) is 2.82. The summed E-state index contributed by atoms with van der Waals surface area (Å²) in [6, 6.07) is 0. The molecule has 2 bridgehead atoms. The molecule has 4 rings (SSSR count). The smallest absolute Gasteiger partial charge is 0.318 e. The van der Waals surface area contributed by atoms with Crippen molar-refractivity contribution in [2.24, 2.45) is 23.7 Å². The number of fused-ring (bicyclic) bond motifs is 2. The molecule has 3 aliphatic carbocycles. The van der Waals surface area contributed by atoms with Crippen LogP contribution in [-0.4, -0.2) is 11.9 Å². The SMILES string of the molecule is [2H]C1([2H])C=CC2CCC1C1C(=O)OC(=O)C21. The van der Waals surface area contributed by atoms with Crippen LogP contribution in [0.15, 0.2) is 12.2 Å². The number of allylic oxidation sites excluding steroid dienone is 2. The molecule has 2 fully saturated rings. The second kappa shape index (κ2) is 2.69. The molecule has 4 atom stereocenters. The fourth-order valence-corrected chi connectivity index (χ4v) is 2.82. The average Bonchev–Trinajstić information content (AvgIpc) is 2.38. The number of carbonyl (C=O) groups excluding carboxylic acids is 2. The fraction of sp³-hybridized carbons (Fsp3) is 0.636. The van der Waals surface area contributed by atoms with Crippen molar-refractivity contribution in [2.75, 3.05) is 0 Å². The van der Waals surface area contributed by atoms with E-state index in [9.17, 15) is 9.59 Å². The molecule has 3 nitrogen and oxygen atoms in total. The minimum Gasteiger partial charge on any atom is -0.393 e. The van der Waals surface area contributed by atoms with Crippen LogP contribution in [0.1, 0.15) is 22.0 Å². The summed E-state index contributed by atoms with van der Waals surface area (Å²) in [6.45, 7) is 0. The minimum atomic E-state index is -1.50. The molecular formula is C11H12O3. The highest BCUT2D eigenvalue weighted by Gasteiger charge is 2.53. The van der Waals surface area contributed by atoms with E-state index >= 15 is 0 Å². The molecule has 0 amide bonds. The maximum Gasteiger partial charge on any atom is 0.318 e. The lowest BCUT2D eigenvalue weighted by Gasteiger charge is -2.30. The number of carbonyl (C=O) groups is 2. The van der Waals surface area contributed by atoms with Gasteiger partial charge < -0.3 is 4.74 Å². The maximum absolute atomic E-state index is 11.6. The molecule has 0 aromatic rings. The van der Waals surface area contributed by atoms with Gasteiger partial charge in [-0.2, -0.15) is 0 Å². The van der Waals surface area contributed by atoms with Gasteiger partial charge in [-0.15, -0.1) is 0 Å². The Kier molecular flexibility index (Phi) is 1.22. The molecule has 1 saturated heterocycles. The Hall–Kier alpha value is -1.12. The first-order chi connectivity index (χ1) is 7.50. The molecule has 1 aliphatic heterocycles. The van der Waals surface area contributed by atoms with Crippen LogP contribution in [0, 0.1) is 23.7 Å². The van der Waals surface area contributed by atoms with Gasteiger partial charge in [0.15, 0.2) is 0 Å². The second-order valence-corrected chi connectivity index (χ2v) is 4.17. The third-order valence-corrected chi connectivity index (χ3v) is 3.49. The van der Waals surface area contributed by atoms with E-state index in [1.807, 2.05) is 0 Å². The summed E-state index contributed by atoms with van der Waals surface area (Å²) in [7, 11) is 0. The predicted octanol–water partition coefficient (Wildman–Crippen LogP) is 1.29. The quantitative estimate of drug-likeness (QED) is 0.331. The van der Waals surface area contributed by atoms with Gasteiger partial charge >= 0.3 is 11.9 Å². The maximum atomic E-state index is 11.6. The zero-order chi connectivity index (χ0) is 11.5. The van der Waals surface area contributed by atoms with Crippen molar-refractivity contribution in [1.82, 2.24) is 0 Å². The van der Waals surface area contributed by atoms with E-state index in [4.69, 9.17) is 2.74 Å². The Labute approximate surface area is 84.9 Å². The summed E-state index contributed by atoms with van der Waals surface area (Å²) in [6.07, 6.45) is 3.19. The lowest BCUT2D eigenvalue weighted by atomic mass is 9.69. The highest BCUT2D eigenvalue weighted by atomic mass is 16.6.